The monoisotopic (exact) mass is 787 g/mol. The zero-order valence-electron chi connectivity index (χ0n) is 32.6. The van der Waals surface area contributed by atoms with Crippen LogP contribution in [-0.2, 0) is 26.2 Å². The third-order valence-corrected chi connectivity index (χ3v) is 8.17. The number of rotatable bonds is 8. The van der Waals surface area contributed by atoms with Gasteiger partial charge in [0.05, 0.1) is 5.71 Å². The van der Waals surface area contributed by atoms with E-state index in [0.717, 1.165) is 39.2 Å². The second kappa shape index (κ2) is 25.0. The van der Waals surface area contributed by atoms with Crippen molar-refractivity contribution in [2.75, 3.05) is 7.05 Å². The Kier molecular flexibility index (Phi) is 20.8. The molecule has 0 amide bonds. The topological polar surface area (TPSA) is 52.5 Å². The van der Waals surface area contributed by atoms with E-state index in [1.54, 1.807) is 7.05 Å². The summed E-state index contributed by atoms with van der Waals surface area (Å²) in [7, 11) is 1.80. The van der Waals surface area contributed by atoms with E-state index < -0.39 is 0 Å². The number of hydrogen-bond acceptors (Lipinski definition) is 2. The molecule has 6 aromatic carbocycles. The van der Waals surface area contributed by atoms with E-state index in [4.69, 9.17) is 11.1 Å². The summed E-state index contributed by atoms with van der Waals surface area (Å²) in [6, 6.07) is 56.2. The number of allylic oxidation sites excluding steroid dienone is 1. The molecule has 0 fully saturated rings. The molecule has 6 rings (SSSR count). The molecule has 3 nitrogen and oxygen atoms in total. The summed E-state index contributed by atoms with van der Waals surface area (Å²) in [6.45, 7) is 20.0. The van der Waals surface area contributed by atoms with Crippen molar-refractivity contribution in [2.24, 2.45) is 10.7 Å². The first-order valence-corrected chi connectivity index (χ1v) is 18.1. The SMILES string of the molecule is CN=C(/C=C(\N)C([N-]c1c(C(C)C)cccc1C(C)C)c1ccccc1)c1ccccc1.[CH2-]c1ccccc1.[CH2-]c1ccccc1.[CH2-]c1ccccc1.[Zr+4]. The molecule has 54 heavy (non-hydrogen) atoms. The second-order valence-corrected chi connectivity index (χ2v) is 13.1. The molecule has 4 heteroatoms. The second-order valence-electron chi connectivity index (χ2n) is 13.1. The van der Waals surface area contributed by atoms with E-state index in [2.05, 4.69) is 83.8 Å². The van der Waals surface area contributed by atoms with Crippen LogP contribution in [0.15, 0.2) is 187 Å². The standard InChI is InChI=1S/C29H34N3.3C7H7.Zr/c1-20(2)24-17-12-18-25(21(3)4)29(24)32-28(23-15-10-7-11-16-23)26(30)19-27(31-5)22-13-8-6-9-14-22;3*1-7-5-3-2-4-6-7;/h6-21,28H,30H2,1-5H3;3*2-6H,1H2;/q4*-1;+4/b26-19-,31-27?;;;;. The smallest absolute Gasteiger partial charge is 0.673 e. The molecule has 0 saturated heterocycles. The Bertz CT molecular complexity index is 1810. The van der Waals surface area contributed by atoms with Crippen molar-refractivity contribution in [1.82, 2.24) is 0 Å². The van der Waals surface area contributed by atoms with Gasteiger partial charge in [0.15, 0.2) is 0 Å². The molecule has 0 heterocycles. The van der Waals surface area contributed by atoms with Crippen molar-refractivity contribution in [3.05, 3.63) is 247 Å². The molecule has 0 saturated carbocycles. The van der Waals surface area contributed by atoms with Crippen molar-refractivity contribution in [2.45, 2.75) is 45.6 Å². The van der Waals surface area contributed by atoms with Crippen LogP contribution >= 0.6 is 0 Å². The minimum Gasteiger partial charge on any atom is -0.673 e. The van der Waals surface area contributed by atoms with Gasteiger partial charge in [-0.25, -0.2) is 0 Å². The first kappa shape index (κ1) is 45.0. The summed E-state index contributed by atoms with van der Waals surface area (Å²) in [5, 5.41) is 5.30. The van der Waals surface area contributed by atoms with Crippen molar-refractivity contribution >= 4 is 11.4 Å². The molecule has 6 aromatic rings. The Labute approximate surface area is 345 Å². The fourth-order valence-electron chi connectivity index (χ4n) is 5.32. The zero-order chi connectivity index (χ0) is 38.4. The summed E-state index contributed by atoms with van der Waals surface area (Å²) >= 11 is 0. The van der Waals surface area contributed by atoms with Crippen LogP contribution in [0.25, 0.3) is 5.32 Å². The molecule has 0 aliphatic heterocycles. The number of aliphatic imine (C=N–C) groups is 1. The minimum absolute atomic E-state index is 0. The average Bonchev–Trinajstić information content (AvgIpc) is 3.18. The van der Waals surface area contributed by atoms with Crippen LogP contribution in [-0.4, -0.2) is 12.8 Å². The molecule has 0 aromatic heterocycles. The Balaban J connectivity index is 0.000000365. The van der Waals surface area contributed by atoms with E-state index in [0.29, 0.717) is 17.5 Å². The molecular weight excluding hydrogens is 734 g/mol. The van der Waals surface area contributed by atoms with E-state index >= 15 is 0 Å². The van der Waals surface area contributed by atoms with Crippen LogP contribution in [0.3, 0.4) is 0 Å². The molecule has 0 bridgehead atoms. The van der Waals surface area contributed by atoms with Gasteiger partial charge in [-0.05, 0) is 29.2 Å². The van der Waals surface area contributed by atoms with Gasteiger partial charge in [0.25, 0.3) is 0 Å². The zero-order valence-corrected chi connectivity index (χ0v) is 35.0. The van der Waals surface area contributed by atoms with Gasteiger partial charge < -0.3 is 11.1 Å². The molecule has 0 spiro atoms. The van der Waals surface area contributed by atoms with Gasteiger partial charge in [-0.3, -0.25) is 4.99 Å². The van der Waals surface area contributed by atoms with Crippen LogP contribution in [0.4, 0.5) is 5.69 Å². The quantitative estimate of drug-likeness (QED) is 0.121. The van der Waals surface area contributed by atoms with Crippen LogP contribution in [0.1, 0.15) is 84.5 Å². The third kappa shape index (κ3) is 15.8. The maximum absolute atomic E-state index is 6.75. The van der Waals surface area contributed by atoms with Gasteiger partial charge in [0.2, 0.25) is 0 Å². The van der Waals surface area contributed by atoms with Crippen molar-refractivity contribution in [3.63, 3.8) is 0 Å². The van der Waals surface area contributed by atoms with Gasteiger partial charge in [-0.1, -0.05) is 147 Å². The average molecular weight is 789 g/mol. The minimum atomic E-state index is -0.297. The summed E-state index contributed by atoms with van der Waals surface area (Å²) in [4.78, 5) is 4.49. The molecule has 0 aliphatic carbocycles. The summed E-state index contributed by atoms with van der Waals surface area (Å²) < 4.78 is 0. The number of para-hydroxylation sites is 1. The van der Waals surface area contributed by atoms with Gasteiger partial charge in [0, 0.05) is 7.05 Å². The maximum Gasteiger partial charge on any atom is 4.00 e. The van der Waals surface area contributed by atoms with Gasteiger partial charge >= 0.3 is 26.2 Å². The molecule has 2 N–H and O–H groups in total. The number of nitrogens with two attached hydrogens (primary N) is 1. The van der Waals surface area contributed by atoms with E-state index in [1.807, 2.05) is 146 Å². The number of benzene rings is 6. The summed E-state index contributed by atoms with van der Waals surface area (Å²) in [5.74, 6) is 0.734. The van der Waals surface area contributed by atoms with Crippen molar-refractivity contribution < 1.29 is 26.2 Å². The Morgan fingerprint density at radius 3 is 1.20 bits per heavy atom. The van der Waals surface area contributed by atoms with Crippen molar-refractivity contribution in [3.8, 4) is 0 Å². The van der Waals surface area contributed by atoms with Gasteiger partial charge in [-0.2, -0.15) is 73.9 Å². The van der Waals surface area contributed by atoms with Crippen LogP contribution < -0.4 is 5.73 Å². The summed E-state index contributed by atoms with van der Waals surface area (Å²) in [5.41, 5.74) is 17.1. The van der Waals surface area contributed by atoms with Crippen LogP contribution in [0, 0.1) is 20.8 Å². The normalized spacial score (nSPS) is 11.3. The Morgan fingerprint density at radius 2 is 0.889 bits per heavy atom. The predicted octanol–water partition coefficient (Wildman–Crippen LogP) is 13.2. The fourth-order valence-corrected chi connectivity index (χ4v) is 5.32. The molecule has 0 radical (unpaired) electrons. The van der Waals surface area contributed by atoms with Crippen molar-refractivity contribution in [1.29, 1.82) is 0 Å². The van der Waals surface area contributed by atoms with Crippen LogP contribution in [0.5, 0.6) is 0 Å². The first-order chi connectivity index (χ1) is 25.6. The largest absolute Gasteiger partial charge is 4.00 e. The van der Waals surface area contributed by atoms with E-state index in [9.17, 15) is 0 Å². The Morgan fingerprint density at radius 1 is 0.537 bits per heavy atom. The fraction of sp³-hybridized carbons (Fsp3) is 0.160. The van der Waals surface area contributed by atoms with Gasteiger partial charge in [0.1, 0.15) is 0 Å². The first-order valence-electron chi connectivity index (χ1n) is 18.1. The molecule has 0 aliphatic rings. The summed E-state index contributed by atoms with van der Waals surface area (Å²) in [6.07, 6.45) is 1.96. The molecule has 1 unspecified atom stereocenters. The van der Waals surface area contributed by atoms with Gasteiger partial charge in [-0.15, -0.1) is 42.1 Å². The maximum atomic E-state index is 6.75. The van der Waals surface area contributed by atoms with E-state index in [-0.39, 0.29) is 32.2 Å². The van der Waals surface area contributed by atoms with Crippen LogP contribution in [0.2, 0.25) is 0 Å². The number of nitrogens with zero attached hydrogens (tertiary/aromatic N) is 2. The molecule has 1 atom stereocenters. The molecular formula is C50H55N3Zr. The third-order valence-electron chi connectivity index (χ3n) is 8.17. The Hall–Kier alpha value is -5.18. The number of hydrogen-bond donors (Lipinski definition) is 1. The predicted molar refractivity (Wildman–Crippen MR) is 231 cm³/mol. The van der Waals surface area contributed by atoms with E-state index in [1.165, 1.54) is 11.1 Å². The molecule has 274 valence electrons.